The van der Waals surface area contributed by atoms with Crippen LogP contribution in [0.1, 0.15) is 28.9 Å². The van der Waals surface area contributed by atoms with E-state index in [2.05, 4.69) is 41.8 Å². The number of amides is 1. The van der Waals surface area contributed by atoms with Gasteiger partial charge < -0.3 is 31.9 Å². The zero-order valence-electron chi connectivity index (χ0n) is 18.4. The van der Waals surface area contributed by atoms with Crippen LogP contribution in [0.4, 0.5) is 11.6 Å². The molecule has 1 aromatic carbocycles. The Labute approximate surface area is 205 Å². The summed E-state index contributed by atoms with van der Waals surface area (Å²) in [6.45, 7) is 0.524. The maximum absolute atomic E-state index is 12.5. The van der Waals surface area contributed by atoms with E-state index in [4.69, 9.17) is 24.4 Å². The number of carboxylic acids is 1. The summed E-state index contributed by atoms with van der Waals surface area (Å²) in [6.07, 6.45) is 7.03. The van der Waals surface area contributed by atoms with Crippen LogP contribution >= 0.6 is 12.2 Å². The summed E-state index contributed by atoms with van der Waals surface area (Å²) in [5.74, 6) is 0.233. The normalized spacial score (nSPS) is 11.3. The lowest BCUT2D eigenvalue weighted by atomic mass is 10.1. The van der Waals surface area contributed by atoms with Crippen LogP contribution in [-0.4, -0.2) is 59.6 Å². The Morgan fingerprint density at radius 3 is 2.63 bits per heavy atom. The molecule has 0 saturated heterocycles. The fourth-order valence-corrected chi connectivity index (χ4v) is 3.17. The molecule has 0 unspecified atom stereocenters. The van der Waals surface area contributed by atoms with Gasteiger partial charge in [0.25, 0.3) is 5.91 Å². The highest BCUT2D eigenvalue weighted by molar-refractivity contribution is 7.80. The molecule has 0 bridgehead atoms. The summed E-state index contributed by atoms with van der Waals surface area (Å²) in [7, 11) is 0. The van der Waals surface area contributed by atoms with Gasteiger partial charge in [-0.05, 0) is 30.7 Å². The predicted octanol–water partition coefficient (Wildman–Crippen LogP) is 0.833. The third kappa shape index (κ3) is 6.95. The number of hydrogen-bond acceptors (Lipinski definition) is 10. The molecular weight excluding hydrogens is 472 g/mol. The highest BCUT2D eigenvalue weighted by Gasteiger charge is 2.21. The second-order valence-corrected chi connectivity index (χ2v) is 7.75. The molecule has 3 rings (SSSR count). The van der Waals surface area contributed by atoms with Crippen LogP contribution in [0.15, 0.2) is 30.5 Å². The number of nitrogens with zero attached hydrogens (tertiary/aromatic N) is 4. The van der Waals surface area contributed by atoms with Gasteiger partial charge in [0.05, 0.1) is 30.0 Å². The van der Waals surface area contributed by atoms with Crippen molar-refractivity contribution in [1.29, 1.82) is 0 Å². The van der Waals surface area contributed by atoms with Crippen molar-refractivity contribution < 1.29 is 19.8 Å². The molecule has 0 aliphatic carbocycles. The van der Waals surface area contributed by atoms with E-state index in [1.165, 1.54) is 6.20 Å². The molecule has 13 heteroatoms. The molecule has 3 aromatic rings. The van der Waals surface area contributed by atoms with Gasteiger partial charge in [-0.15, -0.1) is 6.42 Å². The van der Waals surface area contributed by atoms with E-state index in [1.807, 2.05) is 0 Å². The monoisotopic (exact) mass is 494 g/mol. The molecule has 35 heavy (non-hydrogen) atoms. The van der Waals surface area contributed by atoms with Gasteiger partial charge in [-0.25, -0.2) is 14.8 Å². The van der Waals surface area contributed by atoms with Crippen LogP contribution in [0.3, 0.4) is 0 Å². The minimum absolute atomic E-state index is 0.102. The molecule has 12 nitrogen and oxygen atoms in total. The van der Waals surface area contributed by atoms with Gasteiger partial charge >= 0.3 is 5.97 Å². The number of rotatable bonds is 10. The maximum atomic E-state index is 12.5. The highest BCUT2D eigenvalue weighted by atomic mass is 32.1. The number of hydrogen-bond donors (Lipinski definition) is 6. The lowest BCUT2D eigenvalue weighted by Gasteiger charge is -2.15. The first-order valence-corrected chi connectivity index (χ1v) is 10.7. The van der Waals surface area contributed by atoms with Gasteiger partial charge in [0.15, 0.2) is 11.2 Å². The number of thiocarbonyl (C=S) groups is 1. The third-order valence-electron chi connectivity index (χ3n) is 4.73. The molecule has 7 N–H and O–H groups in total. The first-order chi connectivity index (χ1) is 16.8. The van der Waals surface area contributed by atoms with Crippen molar-refractivity contribution in [2.45, 2.75) is 25.4 Å². The molecular formula is C22H22N8O4S. The Morgan fingerprint density at radius 1 is 1.20 bits per heavy atom. The minimum Gasteiger partial charge on any atom is -0.492 e. The maximum Gasteiger partial charge on any atom is 0.326 e. The van der Waals surface area contributed by atoms with Crippen molar-refractivity contribution in [2.75, 3.05) is 17.6 Å². The summed E-state index contributed by atoms with van der Waals surface area (Å²) >= 11 is 5.09. The van der Waals surface area contributed by atoms with Crippen LogP contribution in [0.25, 0.3) is 11.2 Å². The number of benzene rings is 1. The SMILES string of the molecule is C#CCNC(=S)CC[C@H](NC(=O)c1ccc(NCc2cnc3nc(N)nc(O)c3n2)cc1)C(=O)O. The number of nitrogens with one attached hydrogen (secondary N) is 3. The first kappa shape index (κ1) is 25.1. The number of aromatic hydroxyl groups is 1. The molecule has 180 valence electrons. The van der Waals surface area contributed by atoms with Crippen LogP contribution in [0.5, 0.6) is 5.88 Å². The molecule has 0 saturated carbocycles. The van der Waals surface area contributed by atoms with Gasteiger partial charge in [-0.1, -0.05) is 18.1 Å². The second kappa shape index (κ2) is 11.5. The van der Waals surface area contributed by atoms with Gasteiger partial charge in [-0.3, -0.25) is 4.79 Å². The van der Waals surface area contributed by atoms with Crippen molar-refractivity contribution >= 4 is 51.9 Å². The molecule has 1 atom stereocenters. The minimum atomic E-state index is -1.16. The van der Waals surface area contributed by atoms with E-state index in [9.17, 15) is 19.8 Å². The Morgan fingerprint density at radius 2 is 1.94 bits per heavy atom. The number of anilines is 2. The molecule has 0 radical (unpaired) electrons. The third-order valence-corrected chi connectivity index (χ3v) is 5.08. The average molecular weight is 495 g/mol. The van der Waals surface area contributed by atoms with Crippen molar-refractivity contribution in [1.82, 2.24) is 30.6 Å². The van der Waals surface area contributed by atoms with Crippen molar-refractivity contribution in [2.24, 2.45) is 0 Å². The van der Waals surface area contributed by atoms with Crippen molar-refractivity contribution in [3.05, 3.63) is 41.7 Å². The lowest BCUT2D eigenvalue weighted by molar-refractivity contribution is -0.139. The lowest BCUT2D eigenvalue weighted by Crippen LogP contribution is -2.41. The molecule has 0 spiro atoms. The predicted molar refractivity (Wildman–Crippen MR) is 133 cm³/mol. The van der Waals surface area contributed by atoms with Crippen molar-refractivity contribution in [3.63, 3.8) is 0 Å². The average Bonchev–Trinajstić information content (AvgIpc) is 2.84. The topological polar surface area (TPSA) is 188 Å². The fourth-order valence-electron chi connectivity index (χ4n) is 2.98. The first-order valence-electron chi connectivity index (χ1n) is 10.3. The number of fused-ring (bicyclic) bond motifs is 1. The fraction of sp³-hybridized carbons (Fsp3) is 0.227. The number of terminal acetylenes is 1. The van der Waals surface area contributed by atoms with Crippen LogP contribution in [0.2, 0.25) is 0 Å². The Hall–Kier alpha value is -4.57. The molecule has 0 aliphatic rings. The number of nitrogen functional groups attached to an aromatic ring is 1. The van der Waals surface area contributed by atoms with E-state index < -0.39 is 17.9 Å². The van der Waals surface area contributed by atoms with Gasteiger partial charge in [0, 0.05) is 17.7 Å². The number of aliphatic carboxylic acids is 1. The van der Waals surface area contributed by atoms with Gasteiger partial charge in [0.1, 0.15) is 6.04 Å². The largest absolute Gasteiger partial charge is 0.492 e. The zero-order chi connectivity index (χ0) is 25.4. The molecule has 0 fully saturated rings. The van der Waals surface area contributed by atoms with Gasteiger partial charge in [0.2, 0.25) is 11.8 Å². The number of carboxylic acid groups (broad SMARTS) is 1. The van der Waals surface area contributed by atoms with E-state index in [1.54, 1.807) is 24.3 Å². The van der Waals surface area contributed by atoms with E-state index in [0.717, 1.165) is 0 Å². The van der Waals surface area contributed by atoms with E-state index >= 15 is 0 Å². The number of nitrogens with two attached hydrogens (primary N) is 1. The quantitative estimate of drug-likeness (QED) is 0.172. The Bertz CT molecular complexity index is 1290. The summed E-state index contributed by atoms with van der Waals surface area (Å²) in [5, 5.41) is 27.7. The summed E-state index contributed by atoms with van der Waals surface area (Å²) in [4.78, 5) is 40.4. The zero-order valence-corrected chi connectivity index (χ0v) is 19.2. The number of aromatic nitrogens is 4. The number of carbonyl (C=O) groups is 2. The second-order valence-electron chi connectivity index (χ2n) is 7.25. The molecule has 2 aromatic heterocycles. The Kier molecular flexibility index (Phi) is 8.25. The van der Waals surface area contributed by atoms with Crippen LogP contribution in [-0.2, 0) is 11.3 Å². The van der Waals surface area contributed by atoms with E-state index in [0.29, 0.717) is 21.9 Å². The van der Waals surface area contributed by atoms with Crippen LogP contribution in [0, 0.1) is 12.3 Å². The highest BCUT2D eigenvalue weighted by Crippen LogP contribution is 2.19. The smallest absolute Gasteiger partial charge is 0.326 e. The molecule has 0 aliphatic heterocycles. The van der Waals surface area contributed by atoms with E-state index in [-0.39, 0.29) is 48.9 Å². The van der Waals surface area contributed by atoms with Crippen molar-refractivity contribution in [3.8, 4) is 18.2 Å². The summed E-state index contributed by atoms with van der Waals surface area (Å²) < 4.78 is 0. The summed E-state index contributed by atoms with van der Waals surface area (Å²) in [6, 6.07) is 5.35. The standard InChI is InChI=1S/C22H22N8O4S/c1-2-9-24-16(35)8-7-15(21(33)34)28-19(31)12-3-5-13(6-4-12)25-10-14-11-26-18-17(27-14)20(32)30-22(23)29-18/h1,3-6,11,15,25H,7-10H2,(H,24,35)(H,28,31)(H,33,34)(H3,23,26,29,30,32)/t15-/m0/s1. The number of carbonyl (C=O) groups excluding carboxylic acids is 1. The molecule has 2 heterocycles. The molecule has 1 amide bonds. The van der Waals surface area contributed by atoms with Gasteiger partial charge in [-0.2, -0.15) is 9.97 Å². The summed E-state index contributed by atoms with van der Waals surface area (Å²) in [5.41, 5.74) is 7.28. The Balaban J connectivity index is 1.57. The van der Waals surface area contributed by atoms with Crippen LogP contribution < -0.4 is 21.7 Å².